The zero-order valence-electron chi connectivity index (χ0n) is 11.1. The Kier molecular flexibility index (Phi) is 4.19. The molecule has 0 spiro atoms. The topological polar surface area (TPSA) is 29.3 Å². The molecule has 1 saturated carbocycles. The third-order valence-corrected chi connectivity index (χ3v) is 4.06. The van der Waals surface area contributed by atoms with Crippen LogP contribution in [0, 0.1) is 11.8 Å². The van der Waals surface area contributed by atoms with Crippen LogP contribution in [0.15, 0.2) is 0 Å². The summed E-state index contributed by atoms with van der Waals surface area (Å²) in [6, 6.07) is 0.654. The summed E-state index contributed by atoms with van der Waals surface area (Å²) in [5, 5.41) is 0. The van der Waals surface area contributed by atoms with Gasteiger partial charge in [-0.1, -0.05) is 20.8 Å². The minimum atomic E-state index is 0.313. The lowest BCUT2D eigenvalue weighted by Gasteiger charge is -2.54. The molecule has 1 fully saturated rings. The molecule has 0 aliphatic heterocycles. The van der Waals surface area contributed by atoms with Gasteiger partial charge in [-0.05, 0) is 45.1 Å². The van der Waals surface area contributed by atoms with E-state index in [4.69, 9.17) is 5.73 Å². The van der Waals surface area contributed by atoms with Crippen LogP contribution < -0.4 is 5.73 Å². The van der Waals surface area contributed by atoms with Gasteiger partial charge < -0.3 is 5.73 Å². The smallest absolute Gasteiger partial charge is 0.0336 e. The van der Waals surface area contributed by atoms with Gasteiger partial charge >= 0.3 is 0 Å². The second-order valence-corrected chi connectivity index (χ2v) is 6.03. The van der Waals surface area contributed by atoms with Crippen LogP contribution in [0.1, 0.15) is 47.0 Å². The van der Waals surface area contributed by atoms with Gasteiger partial charge in [0.05, 0.1) is 0 Å². The highest BCUT2D eigenvalue weighted by molar-refractivity contribution is 5.02. The minimum Gasteiger partial charge on any atom is -0.329 e. The maximum atomic E-state index is 5.96. The SMILES string of the molecule is CC(C)CC(C)N(C)C1(CN)CC(C)C1. The predicted octanol–water partition coefficient (Wildman–Crippen LogP) is 2.48. The molecule has 2 heteroatoms. The fourth-order valence-electron chi connectivity index (χ4n) is 3.14. The lowest BCUT2D eigenvalue weighted by molar-refractivity contribution is -0.0223. The number of nitrogens with zero attached hydrogens (tertiary/aromatic N) is 1. The average molecular weight is 212 g/mol. The molecule has 2 nitrogen and oxygen atoms in total. The Bertz CT molecular complexity index is 195. The first-order valence-corrected chi connectivity index (χ1v) is 6.34. The quantitative estimate of drug-likeness (QED) is 0.758. The normalized spacial score (nSPS) is 33.2. The second kappa shape index (κ2) is 4.84. The Balaban J connectivity index is 2.54. The molecule has 1 aliphatic carbocycles. The van der Waals surface area contributed by atoms with Gasteiger partial charge in [0.2, 0.25) is 0 Å². The molecule has 1 unspecified atom stereocenters. The maximum absolute atomic E-state index is 5.96. The van der Waals surface area contributed by atoms with Crippen LogP contribution in [-0.2, 0) is 0 Å². The number of hydrogen-bond donors (Lipinski definition) is 1. The van der Waals surface area contributed by atoms with E-state index >= 15 is 0 Å². The van der Waals surface area contributed by atoms with E-state index in [-0.39, 0.29) is 0 Å². The molecule has 15 heavy (non-hydrogen) atoms. The lowest BCUT2D eigenvalue weighted by atomic mass is 9.67. The van der Waals surface area contributed by atoms with Crippen LogP contribution in [0.4, 0.5) is 0 Å². The minimum absolute atomic E-state index is 0.313. The van der Waals surface area contributed by atoms with Gasteiger partial charge in [0.15, 0.2) is 0 Å². The molecule has 90 valence electrons. The van der Waals surface area contributed by atoms with Crippen LogP contribution >= 0.6 is 0 Å². The molecule has 1 atom stereocenters. The van der Waals surface area contributed by atoms with E-state index in [9.17, 15) is 0 Å². The molecule has 0 aromatic rings. The van der Waals surface area contributed by atoms with Crippen molar-refractivity contribution in [3.8, 4) is 0 Å². The van der Waals surface area contributed by atoms with Gasteiger partial charge in [-0.15, -0.1) is 0 Å². The van der Waals surface area contributed by atoms with E-state index in [1.54, 1.807) is 0 Å². The van der Waals surface area contributed by atoms with Crippen LogP contribution in [0.25, 0.3) is 0 Å². The molecule has 2 N–H and O–H groups in total. The van der Waals surface area contributed by atoms with E-state index in [1.807, 2.05) is 0 Å². The Morgan fingerprint density at radius 2 is 1.87 bits per heavy atom. The average Bonchev–Trinajstić information content (AvgIpc) is 2.10. The van der Waals surface area contributed by atoms with Crippen molar-refractivity contribution in [1.82, 2.24) is 4.90 Å². The van der Waals surface area contributed by atoms with E-state index in [1.165, 1.54) is 19.3 Å². The third kappa shape index (κ3) is 2.73. The number of nitrogens with two attached hydrogens (primary N) is 1. The van der Waals surface area contributed by atoms with Crippen molar-refractivity contribution in [3.05, 3.63) is 0 Å². The second-order valence-electron chi connectivity index (χ2n) is 6.03. The Morgan fingerprint density at radius 1 is 1.33 bits per heavy atom. The molecular weight excluding hydrogens is 184 g/mol. The summed E-state index contributed by atoms with van der Waals surface area (Å²) in [6.45, 7) is 10.1. The Hall–Kier alpha value is -0.0800. The van der Waals surface area contributed by atoms with Gasteiger partial charge in [0.1, 0.15) is 0 Å². The fraction of sp³-hybridized carbons (Fsp3) is 1.00. The standard InChI is InChI=1S/C13H28N2/c1-10(2)6-12(4)15(5)13(9-14)7-11(3)8-13/h10-12H,6-9,14H2,1-5H3. The lowest BCUT2D eigenvalue weighted by Crippen LogP contribution is -2.62. The van der Waals surface area contributed by atoms with Crippen molar-refractivity contribution >= 4 is 0 Å². The number of likely N-dealkylation sites (N-methyl/N-ethyl adjacent to an activating group) is 1. The molecular formula is C13H28N2. The molecule has 0 heterocycles. The first-order chi connectivity index (χ1) is 6.91. The largest absolute Gasteiger partial charge is 0.329 e. The molecule has 0 bridgehead atoms. The van der Waals surface area contributed by atoms with E-state index in [0.29, 0.717) is 11.6 Å². The predicted molar refractivity (Wildman–Crippen MR) is 66.9 cm³/mol. The van der Waals surface area contributed by atoms with Gasteiger partial charge in [-0.3, -0.25) is 4.90 Å². The summed E-state index contributed by atoms with van der Waals surface area (Å²) in [5.41, 5.74) is 6.27. The molecule has 1 aliphatic rings. The van der Waals surface area contributed by atoms with Crippen molar-refractivity contribution in [3.63, 3.8) is 0 Å². The van der Waals surface area contributed by atoms with Crippen molar-refractivity contribution < 1.29 is 0 Å². The van der Waals surface area contributed by atoms with Gasteiger partial charge in [0.25, 0.3) is 0 Å². The number of hydrogen-bond acceptors (Lipinski definition) is 2. The third-order valence-electron chi connectivity index (χ3n) is 4.06. The van der Waals surface area contributed by atoms with Crippen LogP contribution in [-0.4, -0.2) is 30.1 Å². The summed E-state index contributed by atoms with van der Waals surface area (Å²) < 4.78 is 0. The van der Waals surface area contributed by atoms with Crippen LogP contribution in [0.2, 0.25) is 0 Å². The van der Waals surface area contributed by atoms with Gasteiger partial charge in [-0.2, -0.15) is 0 Å². The summed E-state index contributed by atoms with van der Waals surface area (Å²) in [7, 11) is 2.26. The highest BCUT2D eigenvalue weighted by Crippen LogP contribution is 2.42. The zero-order chi connectivity index (χ0) is 11.6. The molecule has 0 saturated heterocycles. The van der Waals surface area contributed by atoms with Gasteiger partial charge in [-0.25, -0.2) is 0 Å². The van der Waals surface area contributed by atoms with Crippen molar-refractivity contribution in [2.45, 2.75) is 58.5 Å². The molecule has 0 aromatic heterocycles. The molecule has 0 amide bonds. The van der Waals surface area contributed by atoms with Crippen molar-refractivity contribution in [2.24, 2.45) is 17.6 Å². The maximum Gasteiger partial charge on any atom is 0.0336 e. The molecule has 0 radical (unpaired) electrons. The van der Waals surface area contributed by atoms with E-state index in [0.717, 1.165) is 18.4 Å². The van der Waals surface area contributed by atoms with Crippen molar-refractivity contribution in [2.75, 3.05) is 13.6 Å². The summed E-state index contributed by atoms with van der Waals surface area (Å²) in [6.07, 6.45) is 3.83. The Labute approximate surface area is 95.2 Å². The zero-order valence-corrected chi connectivity index (χ0v) is 11.1. The first kappa shape index (κ1) is 13.0. The highest BCUT2D eigenvalue weighted by atomic mass is 15.2. The summed E-state index contributed by atoms with van der Waals surface area (Å²) in [5.74, 6) is 1.64. The number of rotatable bonds is 5. The van der Waals surface area contributed by atoms with Crippen LogP contribution in [0.3, 0.4) is 0 Å². The van der Waals surface area contributed by atoms with E-state index < -0.39 is 0 Å². The fourth-order valence-corrected chi connectivity index (χ4v) is 3.14. The summed E-state index contributed by atoms with van der Waals surface area (Å²) in [4.78, 5) is 2.53. The monoisotopic (exact) mass is 212 g/mol. The van der Waals surface area contributed by atoms with Gasteiger partial charge in [0, 0.05) is 18.1 Å². The van der Waals surface area contributed by atoms with Crippen LogP contribution in [0.5, 0.6) is 0 Å². The van der Waals surface area contributed by atoms with Crippen molar-refractivity contribution in [1.29, 1.82) is 0 Å². The summed E-state index contributed by atoms with van der Waals surface area (Å²) >= 11 is 0. The molecule has 0 aromatic carbocycles. The Morgan fingerprint density at radius 3 is 2.20 bits per heavy atom. The highest BCUT2D eigenvalue weighted by Gasteiger charge is 2.45. The molecule has 1 rings (SSSR count). The first-order valence-electron chi connectivity index (χ1n) is 6.34. The van der Waals surface area contributed by atoms with E-state index in [2.05, 4.69) is 39.6 Å².